The Morgan fingerprint density at radius 3 is 2.75 bits per heavy atom. The number of carbonyl (C=O) groups is 2. The van der Waals surface area contributed by atoms with E-state index in [2.05, 4.69) is 5.32 Å². The summed E-state index contributed by atoms with van der Waals surface area (Å²) in [5, 5.41) is 3.15. The molecule has 0 unspecified atom stereocenters. The number of furan rings is 1. The lowest BCUT2D eigenvalue weighted by molar-refractivity contribution is -0.131. The van der Waals surface area contributed by atoms with Gasteiger partial charge in [-0.15, -0.1) is 0 Å². The standard InChI is InChI=1S/C17H19ClN2O4/c1-12(19-16(21)13-7-9-23-11-13)17(22)20(2)8-10-24-15-6-4-3-5-14(15)18/h3-7,9,11-12H,8,10H2,1-2H3,(H,19,21)/t12-/m0/s1. The SMILES string of the molecule is C[C@H](NC(=O)c1ccoc1)C(=O)N(C)CCOc1ccccc1Cl. The lowest BCUT2D eigenvalue weighted by Crippen LogP contribution is -2.46. The van der Waals surface area contributed by atoms with Gasteiger partial charge in [0.05, 0.1) is 23.4 Å². The van der Waals surface area contributed by atoms with Crippen molar-refractivity contribution < 1.29 is 18.7 Å². The second kappa shape index (κ2) is 8.40. The Labute approximate surface area is 145 Å². The van der Waals surface area contributed by atoms with E-state index in [1.807, 2.05) is 12.1 Å². The fraction of sp³-hybridized carbons (Fsp3) is 0.294. The van der Waals surface area contributed by atoms with Crippen LogP contribution in [0.2, 0.25) is 5.02 Å². The summed E-state index contributed by atoms with van der Waals surface area (Å²) in [4.78, 5) is 25.7. The zero-order chi connectivity index (χ0) is 17.5. The molecule has 0 aliphatic carbocycles. The highest BCUT2D eigenvalue weighted by Gasteiger charge is 2.20. The number of halogens is 1. The predicted octanol–water partition coefficient (Wildman–Crippen LogP) is 2.59. The van der Waals surface area contributed by atoms with E-state index < -0.39 is 6.04 Å². The number of hydrogen-bond acceptors (Lipinski definition) is 4. The van der Waals surface area contributed by atoms with Crippen LogP contribution in [0.25, 0.3) is 0 Å². The number of benzene rings is 1. The first-order valence-electron chi connectivity index (χ1n) is 7.44. The summed E-state index contributed by atoms with van der Waals surface area (Å²) < 4.78 is 10.4. The number of nitrogens with zero attached hydrogens (tertiary/aromatic N) is 1. The van der Waals surface area contributed by atoms with Crippen molar-refractivity contribution in [3.63, 3.8) is 0 Å². The van der Waals surface area contributed by atoms with Crippen molar-refractivity contribution in [2.45, 2.75) is 13.0 Å². The molecule has 24 heavy (non-hydrogen) atoms. The molecule has 1 heterocycles. The summed E-state index contributed by atoms with van der Waals surface area (Å²) in [7, 11) is 1.65. The zero-order valence-electron chi connectivity index (χ0n) is 13.5. The molecule has 2 aromatic rings. The van der Waals surface area contributed by atoms with Crippen LogP contribution in [-0.4, -0.2) is 43.0 Å². The number of para-hydroxylation sites is 1. The highest BCUT2D eigenvalue weighted by atomic mass is 35.5. The van der Waals surface area contributed by atoms with E-state index >= 15 is 0 Å². The molecule has 2 rings (SSSR count). The molecule has 0 bridgehead atoms. The quantitative estimate of drug-likeness (QED) is 0.833. The van der Waals surface area contributed by atoms with Gasteiger partial charge in [-0.05, 0) is 25.1 Å². The minimum absolute atomic E-state index is 0.213. The summed E-state index contributed by atoms with van der Waals surface area (Å²) in [6, 6.07) is 8.02. The van der Waals surface area contributed by atoms with E-state index in [4.69, 9.17) is 20.8 Å². The smallest absolute Gasteiger partial charge is 0.255 e. The highest BCUT2D eigenvalue weighted by molar-refractivity contribution is 6.32. The van der Waals surface area contributed by atoms with E-state index in [1.54, 1.807) is 26.1 Å². The molecule has 128 valence electrons. The third-order valence-electron chi connectivity index (χ3n) is 3.40. The molecule has 6 nitrogen and oxygen atoms in total. The van der Waals surface area contributed by atoms with Crippen LogP contribution in [0.3, 0.4) is 0 Å². The molecule has 0 aliphatic rings. The van der Waals surface area contributed by atoms with Gasteiger partial charge < -0.3 is 19.4 Å². The molecule has 0 spiro atoms. The van der Waals surface area contributed by atoms with Gasteiger partial charge in [0.1, 0.15) is 24.7 Å². The van der Waals surface area contributed by atoms with Crippen molar-refractivity contribution in [2.24, 2.45) is 0 Å². The van der Waals surface area contributed by atoms with E-state index in [0.29, 0.717) is 29.5 Å². The minimum Gasteiger partial charge on any atom is -0.490 e. The van der Waals surface area contributed by atoms with E-state index in [9.17, 15) is 9.59 Å². The Morgan fingerprint density at radius 2 is 2.08 bits per heavy atom. The number of carbonyl (C=O) groups excluding carboxylic acids is 2. The average molecular weight is 351 g/mol. The first-order valence-corrected chi connectivity index (χ1v) is 7.82. The van der Waals surface area contributed by atoms with Gasteiger partial charge >= 0.3 is 0 Å². The first kappa shape index (κ1) is 17.9. The number of amides is 2. The van der Waals surface area contributed by atoms with Crippen molar-refractivity contribution >= 4 is 23.4 Å². The Balaban J connectivity index is 1.79. The number of hydrogen-bond donors (Lipinski definition) is 1. The molecule has 1 atom stereocenters. The topological polar surface area (TPSA) is 71.8 Å². The molecular weight excluding hydrogens is 332 g/mol. The predicted molar refractivity (Wildman–Crippen MR) is 90.2 cm³/mol. The lowest BCUT2D eigenvalue weighted by atomic mass is 10.2. The molecule has 0 aliphatic heterocycles. The minimum atomic E-state index is -0.655. The zero-order valence-corrected chi connectivity index (χ0v) is 14.2. The molecule has 1 aromatic carbocycles. The highest BCUT2D eigenvalue weighted by Crippen LogP contribution is 2.22. The molecule has 1 aromatic heterocycles. The number of nitrogens with one attached hydrogen (secondary N) is 1. The van der Waals surface area contributed by atoms with Gasteiger partial charge in [0.15, 0.2) is 0 Å². The van der Waals surface area contributed by atoms with E-state index in [-0.39, 0.29) is 11.8 Å². The van der Waals surface area contributed by atoms with Crippen LogP contribution in [0.15, 0.2) is 47.3 Å². The Hall–Kier alpha value is -2.47. The Bertz CT molecular complexity index is 688. The van der Waals surface area contributed by atoms with Gasteiger partial charge in [-0.25, -0.2) is 0 Å². The van der Waals surface area contributed by atoms with Crippen molar-refractivity contribution in [3.8, 4) is 5.75 Å². The number of rotatable bonds is 7. The monoisotopic (exact) mass is 350 g/mol. The maximum atomic E-state index is 12.3. The van der Waals surface area contributed by atoms with Crippen molar-refractivity contribution in [2.75, 3.05) is 20.2 Å². The third-order valence-corrected chi connectivity index (χ3v) is 3.71. The Kier molecular flexibility index (Phi) is 6.26. The van der Waals surface area contributed by atoms with Crippen molar-refractivity contribution in [3.05, 3.63) is 53.4 Å². The van der Waals surface area contributed by atoms with Gasteiger partial charge in [-0.1, -0.05) is 23.7 Å². The van der Waals surface area contributed by atoms with Crippen LogP contribution >= 0.6 is 11.6 Å². The fourth-order valence-electron chi connectivity index (χ4n) is 2.03. The molecule has 0 saturated heterocycles. The van der Waals surface area contributed by atoms with Crippen LogP contribution in [0.5, 0.6) is 5.75 Å². The van der Waals surface area contributed by atoms with Gasteiger partial charge in [0.25, 0.3) is 5.91 Å². The van der Waals surface area contributed by atoms with Gasteiger partial charge in [-0.2, -0.15) is 0 Å². The molecule has 7 heteroatoms. The summed E-state index contributed by atoms with van der Waals surface area (Å²) in [5.74, 6) is 0.00115. The van der Waals surface area contributed by atoms with E-state index in [0.717, 1.165) is 0 Å². The fourth-order valence-corrected chi connectivity index (χ4v) is 2.22. The van der Waals surface area contributed by atoms with Crippen molar-refractivity contribution in [1.82, 2.24) is 10.2 Å². The second-order valence-electron chi connectivity index (χ2n) is 5.25. The lowest BCUT2D eigenvalue weighted by Gasteiger charge is -2.22. The van der Waals surface area contributed by atoms with Crippen LogP contribution in [0.1, 0.15) is 17.3 Å². The largest absolute Gasteiger partial charge is 0.490 e. The third kappa shape index (κ3) is 4.76. The molecule has 0 radical (unpaired) electrons. The Morgan fingerprint density at radius 1 is 1.33 bits per heavy atom. The molecular formula is C17H19ClN2O4. The molecule has 0 saturated carbocycles. The maximum absolute atomic E-state index is 12.3. The number of ether oxygens (including phenoxy) is 1. The van der Waals surface area contributed by atoms with Crippen LogP contribution in [0.4, 0.5) is 0 Å². The van der Waals surface area contributed by atoms with Crippen LogP contribution in [-0.2, 0) is 4.79 Å². The van der Waals surface area contributed by atoms with Gasteiger partial charge in [0.2, 0.25) is 5.91 Å². The molecule has 2 amide bonds. The van der Waals surface area contributed by atoms with E-state index in [1.165, 1.54) is 23.5 Å². The summed E-state index contributed by atoms with van der Waals surface area (Å²) in [5.41, 5.74) is 0.374. The summed E-state index contributed by atoms with van der Waals surface area (Å²) in [6.07, 6.45) is 2.73. The number of likely N-dealkylation sites (N-methyl/N-ethyl adjacent to an activating group) is 1. The average Bonchev–Trinajstić information content (AvgIpc) is 3.10. The van der Waals surface area contributed by atoms with Crippen molar-refractivity contribution in [1.29, 1.82) is 0 Å². The first-order chi connectivity index (χ1) is 11.5. The van der Waals surface area contributed by atoms with Crippen LogP contribution in [0, 0.1) is 0 Å². The second-order valence-corrected chi connectivity index (χ2v) is 5.65. The molecule has 0 fully saturated rings. The summed E-state index contributed by atoms with van der Waals surface area (Å²) >= 11 is 6.00. The van der Waals surface area contributed by atoms with Gasteiger partial charge in [-0.3, -0.25) is 9.59 Å². The van der Waals surface area contributed by atoms with Crippen LogP contribution < -0.4 is 10.1 Å². The maximum Gasteiger partial charge on any atom is 0.255 e. The van der Waals surface area contributed by atoms with Gasteiger partial charge in [0, 0.05) is 7.05 Å². The summed E-state index contributed by atoms with van der Waals surface area (Å²) in [6.45, 7) is 2.30. The molecule has 1 N–H and O–H groups in total. The normalized spacial score (nSPS) is 11.6.